The van der Waals surface area contributed by atoms with E-state index in [9.17, 15) is 0 Å². The van der Waals surface area contributed by atoms with E-state index >= 15 is 0 Å². The zero-order chi connectivity index (χ0) is 3.58. The fourth-order valence-electron chi connectivity index (χ4n) is 0. The van der Waals surface area contributed by atoms with Gasteiger partial charge in [-0.15, -0.1) is 0 Å². The summed E-state index contributed by atoms with van der Waals surface area (Å²) >= 11 is 3.83. The Morgan fingerprint density at radius 2 is 1.75 bits per heavy atom. The van der Waals surface area contributed by atoms with Gasteiger partial charge in [0.2, 0.25) is 0 Å². The Labute approximate surface area is 66.7 Å². The molecule has 0 N–H and O–H groups in total. The monoisotopic (exact) mass is 319 g/mol. The van der Waals surface area contributed by atoms with Gasteiger partial charge in [-0.2, -0.15) is 1.37 Å². The Kier molecular flexibility index (Phi) is 13.5. The Morgan fingerprint density at radius 1 is 1.75 bits per heavy atom. The summed E-state index contributed by atoms with van der Waals surface area (Å²) < 4.78 is 7.08. The molecule has 0 aliphatic heterocycles. The van der Waals surface area contributed by atoms with Gasteiger partial charge in [0.05, 0.1) is 0 Å². The molecule has 0 aromatic carbocycles. The molecule has 25 valence electrons. The van der Waals surface area contributed by atoms with Crippen LogP contribution in [0.2, 0.25) is 0 Å². The van der Waals surface area contributed by atoms with Crippen molar-refractivity contribution in [1.82, 2.24) is 0 Å². The molecule has 0 saturated heterocycles. The van der Waals surface area contributed by atoms with Gasteiger partial charge >= 0.3 is 0 Å². The average Bonchev–Trinajstić information content (AvgIpc) is 0.811. The molecule has 0 amide bonds. The Bertz CT molecular complexity index is 14.4. The molecule has 4 heavy (non-hydrogen) atoms. The van der Waals surface area contributed by atoms with Crippen LogP contribution in [0.5, 0.6) is 0 Å². The van der Waals surface area contributed by atoms with Crippen LogP contribution in [0.1, 0.15) is 1.37 Å². The number of hydrogen-bond donors (Lipinski definition) is 0. The minimum atomic E-state index is 0. The van der Waals surface area contributed by atoms with Crippen molar-refractivity contribution < 1.29 is 19.9 Å². The Balaban J connectivity index is 0. The van der Waals surface area contributed by atoms with Gasteiger partial charge in [0.25, 0.3) is 0 Å². The van der Waals surface area contributed by atoms with Gasteiger partial charge in [-0.25, -0.2) is 2.41 Å². The van der Waals surface area contributed by atoms with E-state index in [4.69, 9.17) is 1.37 Å². The van der Waals surface area contributed by atoms with Gasteiger partial charge in [-0.1, -0.05) is 0 Å². The van der Waals surface area contributed by atoms with Crippen molar-refractivity contribution in [2.45, 2.75) is 0 Å². The summed E-state index contributed by atoms with van der Waals surface area (Å²) in [5, 5.41) is 0. The molecular formula is CHI2V-. The third-order valence-electron chi connectivity index (χ3n) is 0. The van der Waals surface area contributed by atoms with Crippen molar-refractivity contribution in [1.29, 1.82) is 0 Å². The Hall–Kier alpha value is 2.04. The van der Waals surface area contributed by atoms with Crippen LogP contribution in [0.3, 0.4) is 0 Å². The molecule has 0 aromatic heterocycles. The second kappa shape index (κ2) is 8.90. The van der Waals surface area contributed by atoms with Gasteiger partial charge in [0.15, 0.2) is 0 Å². The molecular weight excluding hydrogens is 317 g/mol. The van der Waals surface area contributed by atoms with Crippen molar-refractivity contribution in [3.05, 3.63) is 2.41 Å². The van der Waals surface area contributed by atoms with Crippen LogP contribution >= 0.6 is 45.2 Å². The molecule has 0 aliphatic carbocycles. The van der Waals surface area contributed by atoms with Crippen molar-refractivity contribution in [2.24, 2.45) is 0 Å². The third kappa shape index (κ3) is 8.97. The van der Waals surface area contributed by atoms with E-state index in [0.29, 0.717) is 2.41 Å². The minimum Gasteiger partial charge on any atom is -0.304 e. The van der Waals surface area contributed by atoms with Gasteiger partial charge in [0, 0.05) is 18.6 Å². The summed E-state index contributed by atoms with van der Waals surface area (Å²) in [6.45, 7) is 0. The topological polar surface area (TPSA) is 0 Å². The zero-order valence-electron chi connectivity index (χ0n) is 2.70. The van der Waals surface area contributed by atoms with Crippen molar-refractivity contribution in [3.8, 4) is 0 Å². The molecule has 0 saturated carbocycles. The summed E-state index contributed by atoms with van der Waals surface area (Å²) in [6.07, 6.45) is 0. The molecule has 0 heterocycles. The van der Waals surface area contributed by atoms with E-state index in [1.54, 1.807) is 0 Å². The van der Waals surface area contributed by atoms with Crippen LogP contribution in [0.15, 0.2) is 0 Å². The summed E-state index contributed by atoms with van der Waals surface area (Å²) in [5.74, 6) is 0. The van der Waals surface area contributed by atoms with Crippen LogP contribution < -0.4 is 0 Å². The van der Waals surface area contributed by atoms with Crippen LogP contribution in [0.4, 0.5) is 0 Å². The van der Waals surface area contributed by atoms with Gasteiger partial charge in [-0.3, -0.25) is 0 Å². The smallest absolute Gasteiger partial charge is 0 e. The van der Waals surface area contributed by atoms with Crippen LogP contribution in [-0.2, 0) is 18.6 Å². The molecule has 0 aliphatic rings. The van der Waals surface area contributed by atoms with Crippen molar-refractivity contribution in [2.75, 3.05) is 0 Å². The summed E-state index contributed by atoms with van der Waals surface area (Å²) in [6, 6.07) is 0. The SMILES string of the molecule is [2H][C-](I)I.[V]. The van der Waals surface area contributed by atoms with E-state index in [1.807, 2.05) is 45.2 Å². The predicted octanol–water partition coefficient (Wildman–Crippen LogP) is 1.97. The fourth-order valence-corrected chi connectivity index (χ4v) is 0. The van der Waals surface area contributed by atoms with Crippen molar-refractivity contribution >= 4 is 45.2 Å². The molecule has 0 aromatic rings. The van der Waals surface area contributed by atoms with E-state index in [0.717, 1.165) is 0 Å². The van der Waals surface area contributed by atoms with Gasteiger partial charge in [-0.05, 0) is 0 Å². The molecule has 3 heteroatoms. The first kappa shape index (κ1) is 6.04. The maximum Gasteiger partial charge on any atom is 0 e. The molecule has 1 radical (unpaired) electrons. The van der Waals surface area contributed by atoms with Crippen LogP contribution in [0.25, 0.3) is 0 Å². The molecule has 0 unspecified atom stereocenters. The van der Waals surface area contributed by atoms with Crippen LogP contribution in [0, 0.1) is 2.41 Å². The standard InChI is InChI=1S/CHI2.V/c2-1-3;/h1H;/q-1;/i1D;. The van der Waals surface area contributed by atoms with Crippen LogP contribution in [-0.4, -0.2) is 0 Å². The van der Waals surface area contributed by atoms with Gasteiger partial charge in [0.1, 0.15) is 0 Å². The zero-order valence-corrected chi connectivity index (χ0v) is 7.41. The molecule has 0 atom stereocenters. The quantitative estimate of drug-likeness (QED) is 0.473. The second-order valence-electron chi connectivity index (χ2n) is 0.0714. The summed E-state index contributed by atoms with van der Waals surface area (Å²) in [4.78, 5) is 0. The first-order valence-corrected chi connectivity index (χ1v) is 2.54. The number of rotatable bonds is 0. The average molecular weight is 319 g/mol. The number of halogens is 2. The normalized spacial score (nSPS) is 9.25. The molecule has 0 nitrogen and oxygen atoms in total. The maximum atomic E-state index is 6.47. The van der Waals surface area contributed by atoms with E-state index in [-0.39, 0.29) is 18.6 Å². The Morgan fingerprint density at radius 3 is 1.75 bits per heavy atom. The summed E-state index contributed by atoms with van der Waals surface area (Å²) in [5.41, 5.74) is 0. The van der Waals surface area contributed by atoms with Gasteiger partial charge < -0.3 is 45.2 Å². The molecule has 0 bridgehead atoms. The van der Waals surface area contributed by atoms with E-state index < -0.39 is 0 Å². The first-order chi connectivity index (χ1) is 1.73. The summed E-state index contributed by atoms with van der Waals surface area (Å²) in [7, 11) is 0. The second-order valence-corrected chi connectivity index (χ2v) is 3.21. The molecule has 0 rings (SSSR count). The fraction of sp³-hybridized carbons (Fsp3) is 0. The van der Waals surface area contributed by atoms with Crippen molar-refractivity contribution in [3.63, 3.8) is 0 Å². The van der Waals surface area contributed by atoms with E-state index in [1.165, 1.54) is 0 Å². The number of hydrogen-bond acceptors (Lipinski definition) is 0. The van der Waals surface area contributed by atoms with E-state index in [2.05, 4.69) is 0 Å². The maximum absolute atomic E-state index is 6.47. The largest absolute Gasteiger partial charge is 0.304 e. The molecule has 0 fully saturated rings. The predicted molar refractivity (Wildman–Crippen MR) is 32.3 cm³/mol. The minimum absolute atomic E-state index is 0. The third-order valence-corrected chi connectivity index (χ3v) is 0. The molecule has 0 spiro atoms. The first-order valence-electron chi connectivity index (χ1n) is 0.878.